The quantitative estimate of drug-likeness (QED) is 0.500. The zero-order chi connectivity index (χ0) is 16.9. The topological polar surface area (TPSA) is 77.9 Å². The molecule has 0 aliphatic rings. The molecule has 0 atom stereocenters. The molecule has 2 aromatic heterocycles. The summed E-state index contributed by atoms with van der Waals surface area (Å²) in [4.78, 5) is 19.2. The molecule has 0 N–H and O–H groups in total. The number of ether oxygens (including phenoxy) is 1. The van der Waals surface area contributed by atoms with Crippen LogP contribution in [0, 0.1) is 0 Å². The Bertz CT molecular complexity index is 552. The summed E-state index contributed by atoms with van der Waals surface area (Å²) in [5.74, 6) is 2.45. The Morgan fingerprint density at radius 2 is 1.87 bits per heavy atom. The van der Waals surface area contributed by atoms with E-state index < -0.39 is 5.97 Å². The van der Waals surface area contributed by atoms with E-state index in [-0.39, 0.29) is 0 Å². The monoisotopic (exact) mass is 396 g/mol. The van der Waals surface area contributed by atoms with Crippen LogP contribution in [0.25, 0.3) is 0 Å². The lowest BCUT2D eigenvalue weighted by Gasteiger charge is -1.94. The van der Waals surface area contributed by atoms with Gasteiger partial charge in [-0.1, -0.05) is 0 Å². The molecule has 128 valence electrons. The summed E-state index contributed by atoms with van der Waals surface area (Å²) in [6.07, 6.45) is 3.41. The Morgan fingerprint density at radius 3 is 2.43 bits per heavy atom. The predicted molar refractivity (Wildman–Crippen MR) is 93.9 cm³/mol. The Kier molecular flexibility index (Phi) is 11.1. The Labute approximate surface area is 153 Å². The van der Waals surface area contributed by atoms with Gasteiger partial charge in [0.25, 0.3) is 0 Å². The zero-order valence-electron chi connectivity index (χ0n) is 12.7. The molecule has 0 aliphatic heterocycles. The number of nitrogens with zero attached hydrogens (tertiary/aromatic N) is 4. The second kappa shape index (κ2) is 12.6. The van der Waals surface area contributed by atoms with Gasteiger partial charge >= 0.3 is 5.97 Å². The van der Waals surface area contributed by atoms with Crippen LogP contribution < -0.4 is 0 Å². The number of carbonyl (C=O) groups excluding carboxylic acids is 1. The third-order valence-electron chi connectivity index (χ3n) is 2.39. The number of hydrogen-bond donors (Lipinski definition) is 0. The van der Waals surface area contributed by atoms with Crippen LogP contribution in [0.2, 0.25) is 0 Å². The van der Waals surface area contributed by atoms with Crippen molar-refractivity contribution in [2.24, 2.45) is 0 Å². The lowest BCUT2D eigenvalue weighted by atomic mass is 10.3. The molecule has 0 aromatic carbocycles. The van der Waals surface area contributed by atoms with Gasteiger partial charge in [0.05, 0.1) is 6.61 Å². The second-order valence-corrected chi connectivity index (χ2v) is 6.28. The van der Waals surface area contributed by atoms with Crippen molar-refractivity contribution in [2.75, 3.05) is 18.4 Å². The number of halogens is 2. The van der Waals surface area contributed by atoms with Gasteiger partial charge < -0.3 is 4.74 Å². The average molecular weight is 397 g/mol. The van der Waals surface area contributed by atoms with Crippen molar-refractivity contribution < 1.29 is 9.53 Å². The largest absolute Gasteiger partial charge is 0.461 e. The summed E-state index contributed by atoms with van der Waals surface area (Å²) in [5.41, 5.74) is 1.74. The smallest absolute Gasteiger partial charge is 0.369 e. The van der Waals surface area contributed by atoms with Crippen molar-refractivity contribution >= 4 is 52.2 Å². The molecule has 2 rings (SSSR count). The van der Waals surface area contributed by atoms with Gasteiger partial charge in [0.2, 0.25) is 5.01 Å². The fourth-order valence-electron chi connectivity index (χ4n) is 1.38. The summed E-state index contributed by atoms with van der Waals surface area (Å²) in [5, 5.41) is 0.316. The molecule has 0 unspecified atom stereocenters. The molecule has 0 fully saturated rings. The molecule has 0 aliphatic carbocycles. The average Bonchev–Trinajstić information content (AvgIpc) is 3.23. The Morgan fingerprint density at radius 1 is 1.17 bits per heavy atom. The van der Waals surface area contributed by atoms with Crippen molar-refractivity contribution in [1.82, 2.24) is 18.7 Å². The van der Waals surface area contributed by atoms with Gasteiger partial charge in [-0.25, -0.2) is 14.8 Å². The van der Waals surface area contributed by atoms with Gasteiger partial charge in [-0.05, 0) is 42.8 Å². The fraction of sp³-hybridized carbons (Fsp3) is 0.615. The van der Waals surface area contributed by atoms with E-state index in [1.165, 1.54) is 11.5 Å². The zero-order valence-corrected chi connectivity index (χ0v) is 15.8. The van der Waals surface area contributed by atoms with E-state index in [0.29, 0.717) is 35.6 Å². The normalized spacial score (nSPS) is 10.0. The molecule has 0 spiro atoms. The summed E-state index contributed by atoms with van der Waals surface area (Å²) in [6, 6.07) is 0. The second-order valence-electron chi connectivity index (χ2n) is 4.17. The Balaban J connectivity index is 0.000000253. The summed E-state index contributed by atoms with van der Waals surface area (Å²) < 4.78 is 12.8. The summed E-state index contributed by atoms with van der Waals surface area (Å²) in [6.45, 7) is 2.11. The van der Waals surface area contributed by atoms with Crippen molar-refractivity contribution in [3.05, 3.63) is 22.2 Å². The van der Waals surface area contributed by atoms with E-state index in [9.17, 15) is 4.79 Å². The van der Waals surface area contributed by atoms with Gasteiger partial charge in [-0.3, -0.25) is 0 Å². The van der Waals surface area contributed by atoms with E-state index >= 15 is 0 Å². The van der Waals surface area contributed by atoms with Crippen LogP contribution in [0.4, 0.5) is 0 Å². The maximum atomic E-state index is 11.2. The molecule has 23 heavy (non-hydrogen) atoms. The number of alkyl halides is 2. The highest BCUT2D eigenvalue weighted by atomic mass is 35.5. The van der Waals surface area contributed by atoms with E-state index in [0.717, 1.165) is 36.6 Å². The number of aryl methyl sites for hydroxylation is 2. The van der Waals surface area contributed by atoms with E-state index in [2.05, 4.69) is 18.7 Å². The minimum absolute atomic E-state index is 0.316. The molecule has 0 amide bonds. The van der Waals surface area contributed by atoms with E-state index in [4.69, 9.17) is 27.9 Å². The third kappa shape index (κ3) is 8.55. The third-order valence-corrected chi connectivity index (χ3v) is 4.18. The van der Waals surface area contributed by atoms with Crippen molar-refractivity contribution in [2.45, 2.75) is 32.6 Å². The van der Waals surface area contributed by atoms with Crippen LogP contribution in [0.15, 0.2) is 5.51 Å². The highest BCUT2D eigenvalue weighted by Crippen LogP contribution is 2.08. The van der Waals surface area contributed by atoms with E-state index in [1.807, 2.05) is 0 Å². The summed E-state index contributed by atoms with van der Waals surface area (Å²) in [7, 11) is 0. The van der Waals surface area contributed by atoms with Crippen LogP contribution >= 0.6 is 46.3 Å². The SMILES string of the molecule is CCOC(=O)c1nc(CCCCl)ns1.ClCCCc1ncsn1. The molecule has 2 heterocycles. The molecule has 0 radical (unpaired) electrons. The molecule has 0 bridgehead atoms. The lowest BCUT2D eigenvalue weighted by molar-refractivity contribution is 0.0525. The number of rotatable bonds is 8. The minimum atomic E-state index is -0.401. The number of esters is 1. The molecule has 2 aromatic rings. The van der Waals surface area contributed by atoms with Crippen molar-refractivity contribution in [3.63, 3.8) is 0 Å². The number of aromatic nitrogens is 4. The van der Waals surface area contributed by atoms with Gasteiger partial charge in [-0.2, -0.15) is 8.75 Å². The molecular formula is C13H18Cl2N4O2S2. The van der Waals surface area contributed by atoms with E-state index in [1.54, 1.807) is 12.4 Å². The lowest BCUT2D eigenvalue weighted by Crippen LogP contribution is -2.04. The van der Waals surface area contributed by atoms with Gasteiger partial charge in [0.15, 0.2) is 0 Å². The van der Waals surface area contributed by atoms with Crippen LogP contribution in [-0.2, 0) is 17.6 Å². The Hall–Kier alpha value is -0.830. The van der Waals surface area contributed by atoms with Crippen LogP contribution in [-0.4, -0.2) is 43.1 Å². The van der Waals surface area contributed by atoms with Crippen molar-refractivity contribution in [1.29, 1.82) is 0 Å². The standard InChI is InChI=1S/C8H11ClN2O2S.C5H7ClN2S/c1-2-13-8(12)7-10-6(11-14-7)4-3-5-9;6-3-1-2-5-7-4-9-8-5/h2-5H2,1H3;4H,1-3H2. The van der Waals surface area contributed by atoms with Gasteiger partial charge in [0.1, 0.15) is 17.2 Å². The first-order chi connectivity index (χ1) is 11.2. The maximum Gasteiger partial charge on any atom is 0.369 e. The molecule has 6 nitrogen and oxygen atoms in total. The first-order valence-electron chi connectivity index (χ1n) is 7.08. The number of hydrogen-bond acceptors (Lipinski definition) is 8. The first-order valence-corrected chi connectivity index (χ1v) is 9.76. The molecule has 10 heteroatoms. The van der Waals surface area contributed by atoms with Crippen molar-refractivity contribution in [3.8, 4) is 0 Å². The predicted octanol–water partition coefficient (Wildman–Crippen LogP) is 3.60. The maximum absolute atomic E-state index is 11.2. The van der Waals surface area contributed by atoms with Crippen LogP contribution in [0.3, 0.4) is 0 Å². The van der Waals surface area contributed by atoms with Gasteiger partial charge in [0, 0.05) is 24.6 Å². The first kappa shape index (κ1) is 20.2. The highest BCUT2D eigenvalue weighted by molar-refractivity contribution is 7.07. The molecular weight excluding hydrogens is 379 g/mol. The van der Waals surface area contributed by atoms with Gasteiger partial charge in [-0.15, -0.1) is 23.2 Å². The number of carbonyl (C=O) groups is 1. The van der Waals surface area contributed by atoms with Crippen LogP contribution in [0.5, 0.6) is 0 Å². The highest BCUT2D eigenvalue weighted by Gasteiger charge is 2.12. The van der Waals surface area contributed by atoms with Crippen LogP contribution in [0.1, 0.15) is 41.2 Å². The molecule has 0 saturated heterocycles. The fourth-order valence-corrected chi connectivity index (χ4v) is 2.73. The molecule has 0 saturated carbocycles. The minimum Gasteiger partial charge on any atom is -0.461 e. The summed E-state index contributed by atoms with van der Waals surface area (Å²) >= 11 is 13.4.